The average Bonchev–Trinajstić information content (AvgIpc) is 3.17. The fourth-order valence-electron chi connectivity index (χ4n) is 4.22. The van der Waals surface area contributed by atoms with Crippen LogP contribution in [-0.2, 0) is 16.6 Å². The summed E-state index contributed by atoms with van der Waals surface area (Å²) in [4.78, 5) is 23.8. The summed E-state index contributed by atoms with van der Waals surface area (Å²) in [5, 5.41) is 0.436. The first-order valence-corrected chi connectivity index (χ1v) is 11.7. The molecule has 0 aliphatic carbocycles. The van der Waals surface area contributed by atoms with E-state index in [1.807, 2.05) is 6.08 Å². The average molecular weight is 437 g/mol. The second-order valence-electron chi connectivity index (χ2n) is 8.22. The second-order valence-corrected chi connectivity index (χ2v) is 9.58. The van der Waals surface area contributed by atoms with Crippen molar-refractivity contribution in [3.63, 3.8) is 0 Å². The van der Waals surface area contributed by atoms with Crippen LogP contribution < -0.4 is 4.90 Å². The summed E-state index contributed by atoms with van der Waals surface area (Å²) in [6.45, 7) is 7.23. The zero-order valence-corrected chi connectivity index (χ0v) is 19.0. The van der Waals surface area contributed by atoms with E-state index in [4.69, 9.17) is 0 Å². The molecule has 0 spiro atoms. The van der Waals surface area contributed by atoms with Crippen LogP contribution >= 0.6 is 0 Å². The minimum absolute atomic E-state index is 0.00539. The van der Waals surface area contributed by atoms with Gasteiger partial charge in [0, 0.05) is 30.4 Å². The summed E-state index contributed by atoms with van der Waals surface area (Å²) < 4.78 is 13.1. The van der Waals surface area contributed by atoms with Crippen LogP contribution in [0.25, 0.3) is 11.0 Å². The Morgan fingerprint density at radius 2 is 2.13 bits per heavy atom. The molecule has 162 valence electrons. The van der Waals surface area contributed by atoms with Gasteiger partial charge in [0.05, 0.1) is 27.6 Å². The Kier molecular flexibility index (Phi) is 6.07. The van der Waals surface area contributed by atoms with Crippen molar-refractivity contribution < 1.29 is 9.00 Å². The fraction of sp³-hybridized carbons (Fsp3) is 0.333. The van der Waals surface area contributed by atoms with E-state index in [1.54, 1.807) is 18.2 Å². The van der Waals surface area contributed by atoms with E-state index in [0.29, 0.717) is 28.0 Å². The molecule has 3 aromatic rings. The van der Waals surface area contributed by atoms with Gasteiger partial charge in [0.15, 0.2) is 10.9 Å². The number of carbonyl (C=O) groups excluding carboxylic acids is 1. The molecule has 0 fully saturated rings. The standard InChI is InChI=1S/C24H28N4O2S/c1-5-11-28-12-10-22(27(3)4)19-13-17(6-9-23(19)28)15-31(30)24-25-20-8-7-18(16(2)29)14-21(20)26-24/h5-9,13-14,22H,1,10-12,15H2,2-4H3,(H,25,26). The molecule has 2 unspecified atom stereocenters. The molecule has 0 amide bonds. The van der Waals surface area contributed by atoms with Crippen molar-refractivity contribution in [2.24, 2.45) is 0 Å². The summed E-state index contributed by atoms with van der Waals surface area (Å²) in [5.74, 6) is 0.378. The lowest BCUT2D eigenvalue weighted by Crippen LogP contribution is -2.35. The Bertz CT molecular complexity index is 1170. The number of hydrogen-bond acceptors (Lipinski definition) is 5. The summed E-state index contributed by atoms with van der Waals surface area (Å²) in [7, 11) is 2.89. The van der Waals surface area contributed by atoms with Crippen LogP contribution in [0.4, 0.5) is 5.69 Å². The molecular formula is C24H28N4O2S. The lowest BCUT2D eigenvalue weighted by molar-refractivity contribution is 0.101. The molecule has 1 aromatic heterocycles. The van der Waals surface area contributed by atoms with Crippen LogP contribution in [-0.4, -0.2) is 52.0 Å². The highest BCUT2D eigenvalue weighted by Crippen LogP contribution is 2.37. The van der Waals surface area contributed by atoms with Crippen LogP contribution in [0, 0.1) is 0 Å². The molecule has 1 aliphatic rings. The minimum Gasteiger partial charge on any atom is -0.367 e. The number of nitrogens with zero attached hydrogens (tertiary/aromatic N) is 3. The molecule has 0 saturated heterocycles. The first kappa shape index (κ1) is 21.5. The molecule has 2 atom stereocenters. The normalized spacial score (nSPS) is 17.0. The SMILES string of the molecule is C=CCN1CCC(N(C)C)c2cc(CS(=O)c3nc4ccc(C(C)=O)cc4[nH]3)ccc21. The lowest BCUT2D eigenvalue weighted by Gasteiger charge is -2.38. The number of aromatic amines is 1. The van der Waals surface area contributed by atoms with Crippen LogP contribution in [0.15, 0.2) is 54.2 Å². The molecular weight excluding hydrogens is 408 g/mol. The highest BCUT2D eigenvalue weighted by Gasteiger charge is 2.26. The number of benzene rings is 2. The number of imidazole rings is 1. The van der Waals surface area contributed by atoms with Crippen LogP contribution in [0.2, 0.25) is 0 Å². The third-order valence-corrected chi connectivity index (χ3v) is 7.04. The zero-order chi connectivity index (χ0) is 22.1. The molecule has 2 aromatic carbocycles. The Balaban J connectivity index is 1.61. The smallest absolute Gasteiger partial charge is 0.197 e. The minimum atomic E-state index is -1.31. The maximum Gasteiger partial charge on any atom is 0.197 e. The van der Waals surface area contributed by atoms with Crippen LogP contribution in [0.5, 0.6) is 0 Å². The number of aromatic nitrogens is 2. The zero-order valence-electron chi connectivity index (χ0n) is 18.2. The Hall–Kier alpha value is -2.77. The highest BCUT2D eigenvalue weighted by molar-refractivity contribution is 7.84. The molecule has 4 rings (SSSR count). The maximum atomic E-state index is 13.1. The van der Waals surface area contributed by atoms with Gasteiger partial charge in [-0.25, -0.2) is 4.98 Å². The van der Waals surface area contributed by atoms with Crippen molar-refractivity contribution in [2.75, 3.05) is 32.1 Å². The Morgan fingerprint density at radius 3 is 2.84 bits per heavy atom. The van der Waals surface area contributed by atoms with Crippen molar-refractivity contribution in [2.45, 2.75) is 30.3 Å². The number of fused-ring (bicyclic) bond motifs is 2. The predicted molar refractivity (Wildman–Crippen MR) is 126 cm³/mol. The second kappa shape index (κ2) is 8.77. The van der Waals surface area contributed by atoms with E-state index in [2.05, 4.69) is 58.6 Å². The van der Waals surface area contributed by atoms with Crippen molar-refractivity contribution in [1.82, 2.24) is 14.9 Å². The van der Waals surface area contributed by atoms with E-state index >= 15 is 0 Å². The quantitative estimate of drug-likeness (QED) is 0.447. The summed E-state index contributed by atoms with van der Waals surface area (Å²) in [6, 6.07) is 12.0. The predicted octanol–water partition coefficient (Wildman–Crippen LogP) is 4.07. The molecule has 31 heavy (non-hydrogen) atoms. The number of hydrogen-bond donors (Lipinski definition) is 1. The third kappa shape index (κ3) is 4.34. The molecule has 7 heteroatoms. The van der Waals surface area contributed by atoms with Gasteiger partial charge in [-0.3, -0.25) is 9.00 Å². The van der Waals surface area contributed by atoms with Crippen LogP contribution in [0.1, 0.15) is 40.9 Å². The summed E-state index contributed by atoms with van der Waals surface area (Å²) >= 11 is 0. The molecule has 1 N–H and O–H groups in total. The van der Waals surface area contributed by atoms with Gasteiger partial charge in [0.2, 0.25) is 0 Å². The van der Waals surface area contributed by atoms with Crippen LogP contribution in [0.3, 0.4) is 0 Å². The Morgan fingerprint density at radius 1 is 1.32 bits per heavy atom. The molecule has 0 bridgehead atoms. The van der Waals surface area contributed by atoms with Crippen molar-refractivity contribution in [3.8, 4) is 0 Å². The molecule has 1 aliphatic heterocycles. The number of nitrogens with one attached hydrogen (secondary N) is 1. The summed E-state index contributed by atoms with van der Waals surface area (Å²) in [5.41, 5.74) is 5.57. The van der Waals surface area contributed by atoms with Gasteiger partial charge in [-0.15, -0.1) is 6.58 Å². The van der Waals surface area contributed by atoms with Crippen molar-refractivity contribution in [3.05, 3.63) is 65.7 Å². The van der Waals surface area contributed by atoms with Gasteiger partial charge in [-0.05, 0) is 62.8 Å². The van der Waals surface area contributed by atoms with E-state index in [0.717, 1.165) is 30.6 Å². The van der Waals surface area contributed by atoms with E-state index in [1.165, 1.54) is 18.2 Å². The van der Waals surface area contributed by atoms with Gasteiger partial charge in [0.1, 0.15) is 0 Å². The summed E-state index contributed by atoms with van der Waals surface area (Å²) in [6.07, 6.45) is 2.98. The van der Waals surface area contributed by atoms with Gasteiger partial charge in [-0.2, -0.15) is 0 Å². The first-order chi connectivity index (χ1) is 14.9. The monoisotopic (exact) mass is 436 g/mol. The van der Waals surface area contributed by atoms with Gasteiger partial charge >= 0.3 is 0 Å². The van der Waals surface area contributed by atoms with Gasteiger partial charge in [-0.1, -0.05) is 18.2 Å². The topological polar surface area (TPSA) is 69.3 Å². The lowest BCUT2D eigenvalue weighted by atomic mass is 9.94. The van der Waals surface area contributed by atoms with E-state index in [-0.39, 0.29) is 5.78 Å². The van der Waals surface area contributed by atoms with Crippen molar-refractivity contribution >= 4 is 33.3 Å². The third-order valence-electron chi connectivity index (χ3n) is 5.82. The number of anilines is 1. The number of ketones is 1. The molecule has 6 nitrogen and oxygen atoms in total. The van der Waals surface area contributed by atoms with Gasteiger partial charge in [0.25, 0.3) is 0 Å². The first-order valence-electron chi connectivity index (χ1n) is 10.4. The maximum absolute atomic E-state index is 13.1. The Labute approximate surface area is 185 Å². The van der Waals surface area contributed by atoms with E-state index < -0.39 is 10.8 Å². The van der Waals surface area contributed by atoms with Gasteiger partial charge < -0.3 is 14.8 Å². The fourth-order valence-corrected chi connectivity index (χ4v) is 5.26. The number of carbonyl (C=O) groups is 1. The number of Topliss-reactive ketones (excluding diaryl/α,β-unsaturated/α-hetero) is 1. The largest absolute Gasteiger partial charge is 0.367 e. The highest BCUT2D eigenvalue weighted by atomic mass is 32.2. The van der Waals surface area contributed by atoms with Crippen molar-refractivity contribution in [1.29, 1.82) is 0 Å². The van der Waals surface area contributed by atoms with E-state index in [9.17, 15) is 9.00 Å². The molecule has 0 radical (unpaired) electrons. The number of H-pyrrole nitrogens is 1. The molecule has 0 saturated carbocycles. The number of rotatable bonds is 7. The molecule has 2 heterocycles.